The minimum atomic E-state index is -0.579. The van der Waals surface area contributed by atoms with Crippen LogP contribution in [0, 0.1) is 16.7 Å². The highest BCUT2D eigenvalue weighted by Gasteiger charge is 2.62. The van der Waals surface area contributed by atoms with Crippen molar-refractivity contribution in [3.05, 3.63) is 35.9 Å². The number of aliphatic carboxylic acids is 1. The van der Waals surface area contributed by atoms with E-state index in [-0.39, 0.29) is 16.7 Å². The molecular formula is C21H29NO2. The molecule has 2 atom stereocenters. The molecule has 0 amide bonds. The third-order valence-corrected chi connectivity index (χ3v) is 7.40. The molecule has 4 rings (SSSR count). The molecule has 0 aromatic heterocycles. The summed E-state index contributed by atoms with van der Waals surface area (Å²) in [5.74, 6) is -0.638. The van der Waals surface area contributed by atoms with Gasteiger partial charge in [0.1, 0.15) is 0 Å². The number of benzene rings is 1. The topological polar surface area (TPSA) is 49.3 Å². The van der Waals surface area contributed by atoms with Gasteiger partial charge in [-0.05, 0) is 54.9 Å². The van der Waals surface area contributed by atoms with Gasteiger partial charge in [0.15, 0.2) is 0 Å². The van der Waals surface area contributed by atoms with Crippen LogP contribution in [0.2, 0.25) is 0 Å². The Balaban J connectivity index is 1.35. The summed E-state index contributed by atoms with van der Waals surface area (Å²) in [6.45, 7) is 5.79. The summed E-state index contributed by atoms with van der Waals surface area (Å²) in [5.41, 5.74) is 2.25. The molecule has 0 saturated heterocycles. The predicted molar refractivity (Wildman–Crippen MR) is 95.0 cm³/mol. The predicted octanol–water partition coefficient (Wildman–Crippen LogP) is 3.98. The molecule has 1 aromatic carbocycles. The van der Waals surface area contributed by atoms with Crippen molar-refractivity contribution in [3.8, 4) is 0 Å². The third kappa shape index (κ3) is 2.48. The molecular weight excluding hydrogens is 298 g/mol. The average molecular weight is 327 g/mol. The zero-order valence-electron chi connectivity index (χ0n) is 14.8. The van der Waals surface area contributed by atoms with Gasteiger partial charge in [-0.15, -0.1) is 0 Å². The first-order valence-electron chi connectivity index (χ1n) is 9.40. The number of carboxylic acid groups (broad SMARTS) is 1. The van der Waals surface area contributed by atoms with Crippen LogP contribution in [0.25, 0.3) is 0 Å². The molecule has 3 saturated carbocycles. The fourth-order valence-electron chi connectivity index (χ4n) is 5.33. The first kappa shape index (κ1) is 16.1. The van der Waals surface area contributed by atoms with Gasteiger partial charge in [0.05, 0.1) is 5.92 Å². The number of nitrogens with one attached hydrogen (secondary N) is 1. The molecule has 3 heteroatoms. The van der Waals surface area contributed by atoms with E-state index in [1.807, 2.05) is 0 Å². The molecule has 3 fully saturated rings. The summed E-state index contributed by atoms with van der Waals surface area (Å²) in [4.78, 5) is 11.2. The summed E-state index contributed by atoms with van der Waals surface area (Å²) in [7, 11) is 0. The normalized spacial score (nSPS) is 39.6. The average Bonchev–Trinajstić information content (AvgIpc) is 3.42. The molecule has 3 aliphatic carbocycles. The molecule has 0 aliphatic heterocycles. The van der Waals surface area contributed by atoms with Crippen molar-refractivity contribution in [2.75, 3.05) is 6.54 Å². The number of rotatable bonds is 5. The van der Waals surface area contributed by atoms with E-state index in [1.54, 1.807) is 0 Å². The molecule has 0 heterocycles. The van der Waals surface area contributed by atoms with Crippen molar-refractivity contribution in [2.24, 2.45) is 16.7 Å². The van der Waals surface area contributed by atoms with Crippen molar-refractivity contribution in [1.82, 2.24) is 5.32 Å². The van der Waals surface area contributed by atoms with E-state index in [4.69, 9.17) is 0 Å². The Morgan fingerprint density at radius 2 is 1.83 bits per heavy atom. The number of carbonyl (C=O) groups is 1. The lowest BCUT2D eigenvalue weighted by molar-refractivity contribution is -0.139. The molecule has 3 aliphatic rings. The van der Waals surface area contributed by atoms with E-state index in [0.717, 1.165) is 38.6 Å². The second kappa shape index (κ2) is 5.32. The summed E-state index contributed by atoms with van der Waals surface area (Å²) in [5, 5.41) is 13.1. The molecule has 2 N–H and O–H groups in total. The molecule has 1 aromatic rings. The summed E-state index contributed by atoms with van der Waals surface area (Å²) < 4.78 is 0. The van der Waals surface area contributed by atoms with Gasteiger partial charge in [0.25, 0.3) is 0 Å². The zero-order chi connectivity index (χ0) is 17.0. The Hall–Kier alpha value is -1.35. The quantitative estimate of drug-likeness (QED) is 0.860. The Morgan fingerprint density at radius 1 is 1.21 bits per heavy atom. The van der Waals surface area contributed by atoms with E-state index in [9.17, 15) is 9.90 Å². The SMILES string of the molecule is CC1(C)CC1(CNC1CCC2(CC1)CC2C(=O)O)c1ccccc1. The maximum atomic E-state index is 11.2. The van der Waals surface area contributed by atoms with Gasteiger partial charge in [0, 0.05) is 18.0 Å². The fraction of sp³-hybridized carbons (Fsp3) is 0.667. The monoisotopic (exact) mass is 327 g/mol. The van der Waals surface area contributed by atoms with Crippen LogP contribution in [-0.4, -0.2) is 23.7 Å². The molecule has 2 unspecified atom stereocenters. The van der Waals surface area contributed by atoms with Crippen LogP contribution in [0.1, 0.15) is 57.9 Å². The minimum absolute atomic E-state index is 0.0588. The Morgan fingerprint density at radius 3 is 2.33 bits per heavy atom. The Bertz CT molecular complexity index is 630. The highest BCUT2D eigenvalue weighted by molar-refractivity contribution is 5.74. The highest BCUT2D eigenvalue weighted by atomic mass is 16.4. The lowest BCUT2D eigenvalue weighted by Gasteiger charge is -2.32. The largest absolute Gasteiger partial charge is 0.481 e. The van der Waals surface area contributed by atoms with Crippen LogP contribution in [0.15, 0.2) is 30.3 Å². The van der Waals surface area contributed by atoms with Crippen LogP contribution in [0.3, 0.4) is 0 Å². The van der Waals surface area contributed by atoms with E-state index in [0.29, 0.717) is 11.5 Å². The van der Waals surface area contributed by atoms with Crippen LogP contribution < -0.4 is 5.32 Å². The second-order valence-electron chi connectivity index (χ2n) is 9.12. The molecule has 0 radical (unpaired) electrons. The van der Waals surface area contributed by atoms with Crippen molar-refractivity contribution < 1.29 is 9.90 Å². The van der Waals surface area contributed by atoms with Gasteiger partial charge in [-0.1, -0.05) is 44.2 Å². The number of hydrogen-bond acceptors (Lipinski definition) is 2. The van der Waals surface area contributed by atoms with Crippen LogP contribution in [0.4, 0.5) is 0 Å². The summed E-state index contributed by atoms with van der Waals surface area (Å²) in [6.07, 6.45) is 6.60. The van der Waals surface area contributed by atoms with Gasteiger partial charge >= 0.3 is 5.97 Å². The molecule has 130 valence electrons. The van der Waals surface area contributed by atoms with E-state index in [1.165, 1.54) is 12.0 Å². The maximum Gasteiger partial charge on any atom is 0.307 e. The van der Waals surface area contributed by atoms with E-state index >= 15 is 0 Å². The number of hydrogen-bond donors (Lipinski definition) is 2. The van der Waals surface area contributed by atoms with Crippen molar-refractivity contribution in [1.29, 1.82) is 0 Å². The lowest BCUT2D eigenvalue weighted by atomic mass is 9.81. The molecule has 0 bridgehead atoms. The van der Waals surface area contributed by atoms with Gasteiger partial charge < -0.3 is 10.4 Å². The first-order chi connectivity index (χ1) is 11.4. The van der Waals surface area contributed by atoms with Crippen molar-refractivity contribution in [2.45, 2.75) is 63.8 Å². The third-order valence-electron chi connectivity index (χ3n) is 7.40. The smallest absolute Gasteiger partial charge is 0.307 e. The van der Waals surface area contributed by atoms with Crippen LogP contribution >= 0.6 is 0 Å². The van der Waals surface area contributed by atoms with Gasteiger partial charge in [-0.3, -0.25) is 4.79 Å². The van der Waals surface area contributed by atoms with Crippen LogP contribution in [-0.2, 0) is 10.2 Å². The fourth-order valence-corrected chi connectivity index (χ4v) is 5.33. The lowest BCUT2D eigenvalue weighted by Crippen LogP contribution is -2.40. The maximum absolute atomic E-state index is 11.2. The van der Waals surface area contributed by atoms with Crippen LogP contribution in [0.5, 0.6) is 0 Å². The Kier molecular flexibility index (Phi) is 3.58. The van der Waals surface area contributed by atoms with Crippen molar-refractivity contribution >= 4 is 5.97 Å². The number of carboxylic acids is 1. The standard InChI is InChI=1S/C21H29NO2/c1-19(2)13-21(19,15-6-4-3-5-7-15)14-22-16-8-10-20(11-9-16)12-17(20)18(23)24/h3-7,16-17,22H,8-14H2,1-2H3,(H,23,24). The Labute approximate surface area is 144 Å². The molecule has 1 spiro atoms. The van der Waals surface area contributed by atoms with Gasteiger partial charge in [-0.2, -0.15) is 0 Å². The van der Waals surface area contributed by atoms with Crippen molar-refractivity contribution in [3.63, 3.8) is 0 Å². The molecule has 3 nitrogen and oxygen atoms in total. The highest BCUT2D eigenvalue weighted by Crippen LogP contribution is 2.64. The molecule has 24 heavy (non-hydrogen) atoms. The van der Waals surface area contributed by atoms with E-state index < -0.39 is 5.97 Å². The second-order valence-corrected chi connectivity index (χ2v) is 9.12. The summed E-state index contributed by atoms with van der Waals surface area (Å²) >= 11 is 0. The van der Waals surface area contributed by atoms with Gasteiger partial charge in [0.2, 0.25) is 0 Å². The first-order valence-corrected chi connectivity index (χ1v) is 9.40. The minimum Gasteiger partial charge on any atom is -0.481 e. The van der Waals surface area contributed by atoms with E-state index in [2.05, 4.69) is 49.5 Å². The summed E-state index contributed by atoms with van der Waals surface area (Å²) in [6, 6.07) is 11.5. The zero-order valence-corrected chi connectivity index (χ0v) is 14.8. The van der Waals surface area contributed by atoms with Gasteiger partial charge in [-0.25, -0.2) is 0 Å².